The Morgan fingerprint density at radius 1 is 1.28 bits per heavy atom. The number of ether oxygens (including phenoxy) is 1. The smallest absolute Gasteiger partial charge is 0.416 e. The average molecular weight is 455 g/mol. The van der Waals surface area contributed by atoms with Crippen molar-refractivity contribution in [1.82, 2.24) is 9.47 Å². The number of carbonyl (C=O) groups is 1. The van der Waals surface area contributed by atoms with E-state index in [0.717, 1.165) is 46.5 Å². The van der Waals surface area contributed by atoms with Gasteiger partial charge in [0.1, 0.15) is 12.0 Å². The fraction of sp³-hybridized carbons (Fsp3) is 0.400. The highest BCUT2D eigenvalue weighted by atomic mass is 32.2. The lowest BCUT2D eigenvalue weighted by atomic mass is 9.87. The molecule has 4 rings (SSSR count). The van der Waals surface area contributed by atoms with E-state index >= 15 is 0 Å². The van der Waals surface area contributed by atoms with Crippen LogP contribution >= 0.6 is 0 Å². The Bertz CT molecular complexity index is 1120. The predicted molar refractivity (Wildman–Crippen MR) is 127 cm³/mol. The Morgan fingerprint density at radius 3 is 2.62 bits per heavy atom. The maximum absolute atomic E-state index is 11.8. The number of piperidine rings is 1. The average Bonchev–Trinajstić information content (AvgIpc) is 3.23. The van der Waals surface area contributed by atoms with Crippen LogP contribution in [-0.2, 0) is 17.7 Å². The van der Waals surface area contributed by atoms with Crippen LogP contribution in [0.25, 0.3) is 10.9 Å². The van der Waals surface area contributed by atoms with Gasteiger partial charge in [-0.15, -0.1) is 0 Å². The maximum atomic E-state index is 11.8. The number of aromatic nitrogens is 1. The first-order chi connectivity index (χ1) is 15.3. The molecule has 0 amide bonds. The summed E-state index contributed by atoms with van der Waals surface area (Å²) in [6.45, 7) is 5.82. The number of fused-ring (bicyclic) bond motifs is 1. The van der Waals surface area contributed by atoms with Gasteiger partial charge >= 0.3 is 6.09 Å². The lowest BCUT2D eigenvalue weighted by Crippen LogP contribution is -2.36. The van der Waals surface area contributed by atoms with Gasteiger partial charge in [0, 0.05) is 29.7 Å². The number of rotatable bonds is 5. The van der Waals surface area contributed by atoms with Crippen molar-refractivity contribution in [2.75, 3.05) is 19.9 Å². The molecule has 0 spiro atoms. The zero-order valence-corrected chi connectivity index (χ0v) is 19.8. The summed E-state index contributed by atoms with van der Waals surface area (Å²) in [4.78, 5) is 15.0. The molecule has 1 fully saturated rings. The quantitative estimate of drug-likeness (QED) is 0.537. The first-order valence-electron chi connectivity index (χ1n) is 10.9. The maximum Gasteiger partial charge on any atom is 0.416 e. The monoisotopic (exact) mass is 454 g/mol. The lowest BCUT2D eigenvalue weighted by Gasteiger charge is -2.39. The second-order valence-corrected chi connectivity index (χ2v) is 10.1. The zero-order chi connectivity index (χ0) is 23.0. The summed E-state index contributed by atoms with van der Waals surface area (Å²) in [6, 6.07) is 12.2. The highest BCUT2D eigenvalue weighted by Gasteiger charge is 2.29. The van der Waals surface area contributed by atoms with E-state index in [1.54, 1.807) is 19.6 Å². The molecule has 3 atom stereocenters. The van der Waals surface area contributed by atoms with E-state index in [4.69, 9.17) is 4.74 Å². The largest absolute Gasteiger partial charge is 0.612 e. The number of nitrogens with zero attached hydrogens (tertiary/aromatic N) is 2. The van der Waals surface area contributed by atoms with E-state index < -0.39 is 17.3 Å². The van der Waals surface area contributed by atoms with Gasteiger partial charge in [-0.25, -0.2) is 4.79 Å². The van der Waals surface area contributed by atoms with E-state index in [2.05, 4.69) is 24.0 Å². The van der Waals surface area contributed by atoms with Crippen molar-refractivity contribution in [3.05, 3.63) is 59.3 Å². The molecule has 1 aliphatic rings. The van der Waals surface area contributed by atoms with Crippen LogP contribution in [0.15, 0.2) is 47.5 Å². The van der Waals surface area contributed by atoms with Gasteiger partial charge in [-0.2, -0.15) is 0 Å². The molecule has 3 aromatic rings. The topological polar surface area (TPSA) is 77.8 Å². The number of likely N-dealkylation sites (tertiary alicyclic amines) is 1. The summed E-state index contributed by atoms with van der Waals surface area (Å²) in [5, 5.41) is 10.5. The minimum Gasteiger partial charge on any atom is -0.612 e. The van der Waals surface area contributed by atoms with Crippen LogP contribution in [0.2, 0.25) is 0 Å². The van der Waals surface area contributed by atoms with Gasteiger partial charge in [0.05, 0.1) is 12.6 Å². The van der Waals surface area contributed by atoms with E-state index in [9.17, 15) is 14.5 Å². The Kier molecular flexibility index (Phi) is 6.51. The van der Waals surface area contributed by atoms with Gasteiger partial charge in [0.25, 0.3) is 0 Å². The van der Waals surface area contributed by atoms with Crippen molar-refractivity contribution in [3.63, 3.8) is 0 Å². The molecule has 1 aliphatic heterocycles. The van der Waals surface area contributed by atoms with Gasteiger partial charge in [-0.3, -0.25) is 9.47 Å². The van der Waals surface area contributed by atoms with Gasteiger partial charge in [-0.05, 0) is 78.8 Å². The summed E-state index contributed by atoms with van der Waals surface area (Å²) in [5.74, 6) is 1.40. The van der Waals surface area contributed by atoms with Crippen LogP contribution in [0.3, 0.4) is 0 Å². The van der Waals surface area contributed by atoms with E-state index in [1.807, 2.05) is 31.2 Å². The van der Waals surface area contributed by atoms with E-state index in [0.29, 0.717) is 18.0 Å². The zero-order valence-electron chi connectivity index (χ0n) is 19.0. The van der Waals surface area contributed by atoms with Crippen molar-refractivity contribution in [2.45, 2.75) is 44.2 Å². The normalized spacial score (nSPS) is 20.4. The number of benzene rings is 2. The Balaban J connectivity index is 1.74. The standard InChI is InChI=1S/C25H30N2O4S/c1-16-9-11-26(22(13-16)18-5-7-19(8-6-18)32(4)30)15-21-20-10-12-27(25(28)29)24(20)17(2)14-23(21)31-3/h5-8,10,12,14,16,22H,9,11,13,15H2,1-4H3,(H,28,29)/t16-,22+,32?/m1/s1. The number of aryl methyl sites for hydroxylation is 1. The fourth-order valence-corrected chi connectivity index (χ4v) is 5.40. The van der Waals surface area contributed by atoms with E-state index in [1.165, 1.54) is 10.1 Å². The van der Waals surface area contributed by atoms with Crippen molar-refractivity contribution in [2.24, 2.45) is 5.92 Å². The molecule has 1 aromatic heterocycles. The Labute approximate surface area is 192 Å². The predicted octanol–water partition coefficient (Wildman–Crippen LogP) is 5.20. The summed E-state index contributed by atoms with van der Waals surface area (Å²) in [6.07, 6.45) is 4.48. The summed E-state index contributed by atoms with van der Waals surface area (Å²) < 4.78 is 18.8. The molecule has 170 valence electrons. The van der Waals surface area contributed by atoms with Crippen LogP contribution in [-0.4, -0.2) is 45.1 Å². The molecule has 0 saturated carbocycles. The molecular weight excluding hydrogens is 424 g/mol. The molecular formula is C25H30N2O4S. The van der Waals surface area contributed by atoms with Crippen molar-refractivity contribution in [3.8, 4) is 5.75 Å². The lowest BCUT2D eigenvalue weighted by molar-refractivity contribution is 0.110. The Morgan fingerprint density at radius 2 is 2.00 bits per heavy atom. The first kappa shape index (κ1) is 22.7. The SMILES string of the molecule is COc1cc(C)c2c(ccn2C(=O)O)c1CN1CC[C@@H](C)C[C@H]1c1ccc([S+](C)[O-])cc1. The third-order valence-electron chi connectivity index (χ3n) is 6.59. The Hall–Kier alpha value is -2.48. The molecule has 0 radical (unpaired) electrons. The molecule has 7 heteroatoms. The summed E-state index contributed by atoms with van der Waals surface area (Å²) in [7, 11) is 1.66. The first-order valence-corrected chi connectivity index (χ1v) is 12.4. The molecule has 32 heavy (non-hydrogen) atoms. The number of methoxy groups -OCH3 is 1. The van der Waals surface area contributed by atoms with Crippen molar-refractivity contribution >= 4 is 28.2 Å². The van der Waals surface area contributed by atoms with Crippen molar-refractivity contribution in [1.29, 1.82) is 0 Å². The molecule has 0 bridgehead atoms. The molecule has 0 aliphatic carbocycles. The summed E-state index contributed by atoms with van der Waals surface area (Å²) in [5.41, 5.74) is 3.82. The third-order valence-corrected chi connectivity index (χ3v) is 7.53. The second kappa shape index (κ2) is 9.17. The van der Waals surface area contributed by atoms with Crippen molar-refractivity contribution < 1.29 is 19.2 Å². The number of carboxylic acid groups (broad SMARTS) is 1. The van der Waals surface area contributed by atoms with E-state index in [-0.39, 0.29) is 6.04 Å². The summed E-state index contributed by atoms with van der Waals surface area (Å²) >= 11 is -0.994. The van der Waals surface area contributed by atoms with Crippen LogP contribution in [0.5, 0.6) is 5.75 Å². The molecule has 1 N–H and O–H groups in total. The second-order valence-electron chi connectivity index (χ2n) is 8.74. The number of hydrogen-bond donors (Lipinski definition) is 1. The van der Waals surface area contributed by atoms with Crippen LogP contribution in [0.1, 0.15) is 42.5 Å². The molecule has 2 aromatic carbocycles. The third kappa shape index (κ3) is 4.25. The van der Waals surface area contributed by atoms with Crippen LogP contribution < -0.4 is 4.74 Å². The van der Waals surface area contributed by atoms with Crippen LogP contribution in [0, 0.1) is 12.8 Å². The molecule has 2 heterocycles. The minimum atomic E-state index is -0.994. The van der Waals surface area contributed by atoms with Gasteiger partial charge < -0.3 is 14.4 Å². The molecule has 1 saturated heterocycles. The van der Waals surface area contributed by atoms with Gasteiger partial charge in [-0.1, -0.05) is 19.1 Å². The minimum absolute atomic E-state index is 0.237. The van der Waals surface area contributed by atoms with Gasteiger partial charge in [0.2, 0.25) is 0 Å². The molecule has 6 nitrogen and oxygen atoms in total. The highest BCUT2D eigenvalue weighted by Crippen LogP contribution is 2.39. The van der Waals surface area contributed by atoms with Gasteiger partial charge in [0.15, 0.2) is 4.90 Å². The highest BCUT2D eigenvalue weighted by molar-refractivity contribution is 7.90. The molecule has 1 unspecified atom stereocenters. The fourth-order valence-electron chi connectivity index (χ4n) is 4.88. The number of hydrogen-bond acceptors (Lipinski definition) is 4. The van der Waals surface area contributed by atoms with Crippen LogP contribution in [0.4, 0.5) is 4.79 Å².